The lowest BCUT2D eigenvalue weighted by molar-refractivity contribution is 0.619. The van der Waals surface area contributed by atoms with E-state index in [-0.39, 0.29) is 24.3 Å². The van der Waals surface area contributed by atoms with Gasteiger partial charge in [-0.1, -0.05) is 12.1 Å². The summed E-state index contributed by atoms with van der Waals surface area (Å²) in [5.74, 6) is -0.183. The predicted octanol–water partition coefficient (Wildman–Crippen LogP) is 2.53. The highest BCUT2D eigenvalue weighted by atomic mass is 35.5. The van der Waals surface area contributed by atoms with Crippen LogP contribution in [0, 0.1) is 5.82 Å². The zero-order valence-electron chi connectivity index (χ0n) is 7.17. The Labute approximate surface area is 78.4 Å². The van der Waals surface area contributed by atoms with Gasteiger partial charge in [0, 0.05) is 6.04 Å². The van der Waals surface area contributed by atoms with E-state index < -0.39 is 0 Å². The van der Waals surface area contributed by atoms with Gasteiger partial charge in [-0.05, 0) is 31.7 Å². The summed E-state index contributed by atoms with van der Waals surface area (Å²) in [6, 6.07) is 6.81. The maximum atomic E-state index is 12.4. The predicted molar refractivity (Wildman–Crippen MR) is 51.1 cm³/mol. The van der Waals surface area contributed by atoms with Gasteiger partial charge in [0.2, 0.25) is 0 Å². The van der Waals surface area contributed by atoms with Crippen molar-refractivity contribution in [3.05, 3.63) is 35.6 Å². The van der Waals surface area contributed by atoms with Crippen LogP contribution in [-0.2, 0) is 0 Å². The highest BCUT2D eigenvalue weighted by molar-refractivity contribution is 5.85. The van der Waals surface area contributed by atoms with E-state index in [1.54, 1.807) is 12.1 Å². The maximum absolute atomic E-state index is 12.4. The van der Waals surface area contributed by atoms with Crippen molar-refractivity contribution >= 4 is 12.4 Å². The minimum atomic E-state index is -0.183. The molecule has 0 unspecified atom stereocenters. The first-order valence-corrected chi connectivity index (χ1v) is 3.67. The first kappa shape index (κ1) is 11.4. The Bertz CT molecular complexity index is 222. The average molecular weight is 190 g/mol. The Kier molecular flexibility index (Phi) is 4.86. The van der Waals surface area contributed by atoms with Crippen LogP contribution < -0.4 is 5.32 Å². The van der Waals surface area contributed by atoms with E-state index in [0.717, 1.165) is 5.56 Å². The van der Waals surface area contributed by atoms with E-state index in [0.29, 0.717) is 0 Å². The van der Waals surface area contributed by atoms with Crippen LogP contribution in [0.2, 0.25) is 0 Å². The van der Waals surface area contributed by atoms with Crippen molar-refractivity contribution in [3.8, 4) is 0 Å². The molecular formula is C9H13ClFN. The quantitative estimate of drug-likeness (QED) is 0.754. The standard InChI is InChI=1S/C9H12FN.ClH/c1-7(11-2)8-3-5-9(10)6-4-8;/h3-7,11H,1-2H3;1H/t7-;/m0./s1. The molecule has 0 fully saturated rings. The Hall–Kier alpha value is -0.600. The molecule has 68 valence electrons. The van der Waals surface area contributed by atoms with Crippen LogP contribution >= 0.6 is 12.4 Å². The summed E-state index contributed by atoms with van der Waals surface area (Å²) < 4.78 is 12.4. The minimum absolute atomic E-state index is 0. The molecule has 0 aromatic heterocycles. The fourth-order valence-corrected chi connectivity index (χ4v) is 0.918. The maximum Gasteiger partial charge on any atom is 0.123 e. The Morgan fingerprint density at radius 1 is 1.25 bits per heavy atom. The lowest BCUT2D eigenvalue weighted by Gasteiger charge is -2.09. The smallest absolute Gasteiger partial charge is 0.123 e. The molecule has 1 aromatic carbocycles. The Balaban J connectivity index is 0.00000121. The monoisotopic (exact) mass is 189 g/mol. The van der Waals surface area contributed by atoms with Crippen LogP contribution in [0.3, 0.4) is 0 Å². The van der Waals surface area contributed by atoms with Crippen molar-refractivity contribution in [1.29, 1.82) is 0 Å². The molecule has 3 heteroatoms. The molecule has 0 spiro atoms. The van der Waals surface area contributed by atoms with Gasteiger partial charge >= 0.3 is 0 Å². The summed E-state index contributed by atoms with van der Waals surface area (Å²) in [6.45, 7) is 2.03. The van der Waals surface area contributed by atoms with Crippen molar-refractivity contribution in [3.63, 3.8) is 0 Å². The second kappa shape index (κ2) is 5.12. The first-order valence-electron chi connectivity index (χ1n) is 3.67. The molecule has 0 aliphatic heterocycles. The lowest BCUT2D eigenvalue weighted by atomic mass is 10.1. The number of benzene rings is 1. The molecule has 0 bridgehead atoms. The Morgan fingerprint density at radius 2 is 1.75 bits per heavy atom. The van der Waals surface area contributed by atoms with Crippen LogP contribution in [0.4, 0.5) is 4.39 Å². The summed E-state index contributed by atoms with van der Waals surface area (Å²) in [6.07, 6.45) is 0. The number of halogens is 2. The van der Waals surface area contributed by atoms with Gasteiger partial charge < -0.3 is 5.32 Å². The van der Waals surface area contributed by atoms with Crippen LogP contribution in [0.1, 0.15) is 18.5 Å². The molecule has 1 rings (SSSR count). The molecule has 0 heterocycles. The number of hydrogen-bond acceptors (Lipinski definition) is 1. The molecule has 0 aliphatic carbocycles. The summed E-state index contributed by atoms with van der Waals surface area (Å²) in [4.78, 5) is 0. The number of rotatable bonds is 2. The third-order valence-corrected chi connectivity index (χ3v) is 1.80. The molecule has 0 amide bonds. The van der Waals surface area contributed by atoms with Gasteiger partial charge in [0.1, 0.15) is 5.82 Å². The third-order valence-electron chi connectivity index (χ3n) is 1.80. The SMILES string of the molecule is CN[C@@H](C)c1ccc(F)cc1.Cl. The molecule has 0 aliphatic rings. The lowest BCUT2D eigenvalue weighted by Crippen LogP contribution is -2.11. The second-order valence-electron chi connectivity index (χ2n) is 2.56. The largest absolute Gasteiger partial charge is 0.313 e. The van der Waals surface area contributed by atoms with Crippen LogP contribution in [0.5, 0.6) is 0 Å². The van der Waals surface area contributed by atoms with Gasteiger partial charge in [0.05, 0.1) is 0 Å². The van der Waals surface area contributed by atoms with E-state index in [4.69, 9.17) is 0 Å². The van der Waals surface area contributed by atoms with Crippen LogP contribution in [0.15, 0.2) is 24.3 Å². The molecule has 12 heavy (non-hydrogen) atoms. The number of hydrogen-bond donors (Lipinski definition) is 1. The van der Waals surface area contributed by atoms with Crippen LogP contribution in [0.25, 0.3) is 0 Å². The molecule has 1 nitrogen and oxygen atoms in total. The normalized spacial score (nSPS) is 11.9. The molecule has 0 saturated carbocycles. The van der Waals surface area contributed by atoms with Gasteiger partial charge in [-0.2, -0.15) is 0 Å². The topological polar surface area (TPSA) is 12.0 Å². The minimum Gasteiger partial charge on any atom is -0.313 e. The van der Waals surface area contributed by atoms with E-state index >= 15 is 0 Å². The van der Waals surface area contributed by atoms with Crippen molar-refractivity contribution in [2.75, 3.05) is 7.05 Å². The van der Waals surface area contributed by atoms with Crippen molar-refractivity contribution in [1.82, 2.24) is 5.32 Å². The third kappa shape index (κ3) is 2.80. The Morgan fingerprint density at radius 3 is 2.17 bits per heavy atom. The van der Waals surface area contributed by atoms with Crippen molar-refractivity contribution < 1.29 is 4.39 Å². The second-order valence-corrected chi connectivity index (χ2v) is 2.56. The molecule has 0 saturated heterocycles. The zero-order valence-corrected chi connectivity index (χ0v) is 7.99. The van der Waals surface area contributed by atoms with Gasteiger partial charge in [-0.25, -0.2) is 4.39 Å². The summed E-state index contributed by atoms with van der Waals surface area (Å²) in [5.41, 5.74) is 1.11. The van der Waals surface area contributed by atoms with E-state index in [1.807, 2.05) is 14.0 Å². The van der Waals surface area contributed by atoms with Crippen molar-refractivity contribution in [2.45, 2.75) is 13.0 Å². The van der Waals surface area contributed by atoms with Gasteiger partial charge in [0.15, 0.2) is 0 Å². The van der Waals surface area contributed by atoms with Crippen molar-refractivity contribution in [2.24, 2.45) is 0 Å². The molecule has 1 N–H and O–H groups in total. The van der Waals surface area contributed by atoms with E-state index in [2.05, 4.69) is 5.32 Å². The summed E-state index contributed by atoms with van der Waals surface area (Å²) >= 11 is 0. The summed E-state index contributed by atoms with van der Waals surface area (Å²) in [7, 11) is 1.88. The van der Waals surface area contributed by atoms with Crippen LogP contribution in [-0.4, -0.2) is 7.05 Å². The number of nitrogens with one attached hydrogen (secondary N) is 1. The highest BCUT2D eigenvalue weighted by Gasteiger charge is 2.00. The van der Waals surface area contributed by atoms with Gasteiger partial charge in [-0.3, -0.25) is 0 Å². The first-order chi connectivity index (χ1) is 5.24. The van der Waals surface area contributed by atoms with E-state index in [1.165, 1.54) is 12.1 Å². The van der Waals surface area contributed by atoms with Gasteiger partial charge in [0.25, 0.3) is 0 Å². The molecule has 0 radical (unpaired) electrons. The molecule has 1 aromatic rings. The molecular weight excluding hydrogens is 177 g/mol. The fraction of sp³-hybridized carbons (Fsp3) is 0.333. The highest BCUT2D eigenvalue weighted by Crippen LogP contribution is 2.11. The fourth-order valence-electron chi connectivity index (χ4n) is 0.918. The molecule has 1 atom stereocenters. The average Bonchev–Trinajstić information content (AvgIpc) is 2.05. The van der Waals surface area contributed by atoms with E-state index in [9.17, 15) is 4.39 Å². The van der Waals surface area contributed by atoms with Gasteiger partial charge in [-0.15, -0.1) is 12.4 Å². The zero-order chi connectivity index (χ0) is 8.27. The summed E-state index contributed by atoms with van der Waals surface area (Å²) in [5, 5.41) is 3.08.